The van der Waals surface area contributed by atoms with E-state index in [1.54, 1.807) is 18.4 Å². The van der Waals surface area contributed by atoms with Gasteiger partial charge in [-0.15, -0.1) is 0 Å². The summed E-state index contributed by atoms with van der Waals surface area (Å²) in [4.78, 5) is 0. The van der Waals surface area contributed by atoms with Crippen LogP contribution < -0.4 is 5.32 Å². The van der Waals surface area contributed by atoms with Gasteiger partial charge in [0.05, 0.1) is 12.3 Å². The Bertz CT molecular complexity index is 503. The third kappa shape index (κ3) is 2.05. The zero-order valence-corrected chi connectivity index (χ0v) is 9.45. The van der Waals surface area contributed by atoms with Crippen LogP contribution in [-0.4, -0.2) is 0 Å². The van der Waals surface area contributed by atoms with Crippen LogP contribution >= 0.6 is 0 Å². The van der Waals surface area contributed by atoms with Gasteiger partial charge in [0.2, 0.25) is 0 Å². The molecule has 2 nitrogen and oxygen atoms in total. The fourth-order valence-electron chi connectivity index (χ4n) is 2.38. The van der Waals surface area contributed by atoms with Crippen LogP contribution in [0.25, 0.3) is 0 Å². The average Bonchev–Trinajstić information content (AvgIpc) is 2.81. The van der Waals surface area contributed by atoms with E-state index in [-0.39, 0.29) is 11.9 Å². The highest BCUT2D eigenvalue weighted by Crippen LogP contribution is 2.33. The molecule has 1 aromatic carbocycles. The van der Waals surface area contributed by atoms with E-state index in [4.69, 9.17) is 4.42 Å². The largest absolute Gasteiger partial charge is 0.469 e. The number of nitrogens with one attached hydrogen (secondary N) is 1. The van der Waals surface area contributed by atoms with Crippen molar-refractivity contribution < 1.29 is 8.81 Å². The van der Waals surface area contributed by atoms with Gasteiger partial charge in [-0.25, -0.2) is 4.39 Å². The van der Waals surface area contributed by atoms with Crippen LogP contribution in [0.1, 0.15) is 30.2 Å². The van der Waals surface area contributed by atoms with Crippen molar-refractivity contribution in [2.24, 2.45) is 0 Å². The molecule has 17 heavy (non-hydrogen) atoms. The Morgan fingerprint density at radius 2 is 2.00 bits per heavy atom. The Kier molecular flexibility index (Phi) is 2.59. The molecule has 3 rings (SSSR count). The predicted octanol–water partition coefficient (Wildman–Crippen LogP) is 3.91. The number of rotatable bonds is 2. The lowest BCUT2D eigenvalue weighted by molar-refractivity contribution is 0.461. The number of benzene rings is 1. The van der Waals surface area contributed by atoms with Gasteiger partial charge < -0.3 is 9.73 Å². The molecule has 0 saturated heterocycles. The van der Waals surface area contributed by atoms with Crippen LogP contribution in [0.2, 0.25) is 0 Å². The number of anilines is 1. The second-order valence-corrected chi connectivity index (χ2v) is 4.40. The molecule has 2 aromatic rings. The monoisotopic (exact) mass is 231 g/mol. The molecule has 88 valence electrons. The molecule has 1 heterocycles. The minimum atomic E-state index is -0.205. The first-order valence-corrected chi connectivity index (χ1v) is 5.91. The van der Waals surface area contributed by atoms with Crippen molar-refractivity contribution in [3.05, 3.63) is 53.7 Å². The van der Waals surface area contributed by atoms with Crippen molar-refractivity contribution in [2.45, 2.75) is 25.3 Å². The maximum absolute atomic E-state index is 12.8. The Balaban J connectivity index is 1.81. The van der Waals surface area contributed by atoms with Crippen molar-refractivity contribution in [1.82, 2.24) is 0 Å². The highest BCUT2D eigenvalue weighted by molar-refractivity contribution is 5.46. The molecular formula is C14H14FNO. The highest BCUT2D eigenvalue weighted by atomic mass is 19.1. The third-order valence-electron chi connectivity index (χ3n) is 3.24. The van der Waals surface area contributed by atoms with Crippen LogP contribution in [0, 0.1) is 5.82 Å². The summed E-state index contributed by atoms with van der Waals surface area (Å²) < 4.78 is 18.3. The molecule has 1 atom stereocenters. The van der Waals surface area contributed by atoms with Crippen LogP contribution in [-0.2, 0) is 6.42 Å². The average molecular weight is 231 g/mol. The standard InChI is InChI=1S/C14H14FNO/c15-10-4-6-11(7-5-10)16-13-2-1-3-14-12(13)8-9-17-14/h4-9,13,16H,1-3H2. The van der Waals surface area contributed by atoms with E-state index in [9.17, 15) is 4.39 Å². The number of hydrogen-bond acceptors (Lipinski definition) is 2. The van der Waals surface area contributed by atoms with Crippen LogP contribution in [0.5, 0.6) is 0 Å². The van der Waals surface area contributed by atoms with E-state index in [0.29, 0.717) is 0 Å². The summed E-state index contributed by atoms with van der Waals surface area (Å²) in [6.07, 6.45) is 4.97. The molecule has 0 spiro atoms. The van der Waals surface area contributed by atoms with E-state index >= 15 is 0 Å². The fraction of sp³-hybridized carbons (Fsp3) is 0.286. The van der Waals surface area contributed by atoms with Crippen LogP contribution in [0.3, 0.4) is 0 Å². The van der Waals surface area contributed by atoms with Gasteiger partial charge >= 0.3 is 0 Å². The first kappa shape index (κ1) is 10.4. The van der Waals surface area contributed by atoms with Gasteiger partial charge in [0.15, 0.2) is 0 Å². The van der Waals surface area contributed by atoms with E-state index in [1.165, 1.54) is 17.7 Å². The maximum Gasteiger partial charge on any atom is 0.123 e. The molecule has 3 heteroatoms. The highest BCUT2D eigenvalue weighted by Gasteiger charge is 2.22. The van der Waals surface area contributed by atoms with Gasteiger partial charge in [-0.05, 0) is 43.2 Å². The van der Waals surface area contributed by atoms with Gasteiger partial charge in [0, 0.05) is 17.7 Å². The molecule has 0 aliphatic heterocycles. The summed E-state index contributed by atoms with van der Waals surface area (Å²) in [5.74, 6) is 0.874. The normalized spacial score (nSPS) is 18.8. The minimum Gasteiger partial charge on any atom is -0.469 e. The smallest absolute Gasteiger partial charge is 0.123 e. The number of fused-ring (bicyclic) bond motifs is 1. The summed E-state index contributed by atoms with van der Waals surface area (Å²) in [5, 5.41) is 3.42. The molecule has 1 unspecified atom stereocenters. The number of halogens is 1. The van der Waals surface area contributed by atoms with E-state index in [1.807, 2.05) is 6.07 Å². The SMILES string of the molecule is Fc1ccc(NC2CCCc3occc32)cc1. The molecule has 1 aliphatic carbocycles. The summed E-state index contributed by atoms with van der Waals surface area (Å²) >= 11 is 0. The van der Waals surface area contributed by atoms with Gasteiger partial charge in [-0.1, -0.05) is 0 Å². The number of furan rings is 1. The van der Waals surface area contributed by atoms with Gasteiger partial charge in [0.1, 0.15) is 11.6 Å². The molecular weight excluding hydrogens is 217 g/mol. The second-order valence-electron chi connectivity index (χ2n) is 4.40. The van der Waals surface area contributed by atoms with Crippen LogP contribution in [0.4, 0.5) is 10.1 Å². The number of aryl methyl sites for hydroxylation is 1. The molecule has 0 bridgehead atoms. The van der Waals surface area contributed by atoms with Crippen LogP contribution in [0.15, 0.2) is 41.0 Å². The van der Waals surface area contributed by atoms with E-state index in [2.05, 4.69) is 5.32 Å². The second kappa shape index (κ2) is 4.24. The number of hydrogen-bond donors (Lipinski definition) is 1. The maximum atomic E-state index is 12.8. The predicted molar refractivity (Wildman–Crippen MR) is 64.4 cm³/mol. The van der Waals surface area contributed by atoms with Crippen molar-refractivity contribution >= 4 is 5.69 Å². The molecule has 0 amide bonds. The molecule has 1 N–H and O–H groups in total. The Morgan fingerprint density at radius 1 is 1.18 bits per heavy atom. The van der Waals surface area contributed by atoms with Crippen molar-refractivity contribution in [1.29, 1.82) is 0 Å². The molecule has 0 fully saturated rings. The van der Waals surface area contributed by atoms with E-state index < -0.39 is 0 Å². The lowest BCUT2D eigenvalue weighted by Gasteiger charge is -2.23. The Hall–Kier alpha value is -1.77. The third-order valence-corrected chi connectivity index (χ3v) is 3.24. The van der Waals surface area contributed by atoms with E-state index in [0.717, 1.165) is 30.7 Å². The molecule has 0 saturated carbocycles. The fourth-order valence-corrected chi connectivity index (χ4v) is 2.38. The summed E-state index contributed by atoms with van der Waals surface area (Å²) in [5.41, 5.74) is 2.19. The molecule has 1 aromatic heterocycles. The summed E-state index contributed by atoms with van der Waals surface area (Å²) in [7, 11) is 0. The minimum absolute atomic E-state index is 0.205. The zero-order chi connectivity index (χ0) is 11.7. The van der Waals surface area contributed by atoms with Gasteiger partial charge in [-0.2, -0.15) is 0 Å². The van der Waals surface area contributed by atoms with Crippen molar-refractivity contribution in [3.8, 4) is 0 Å². The Labute approximate surface area is 99.5 Å². The molecule has 1 aliphatic rings. The topological polar surface area (TPSA) is 25.2 Å². The quantitative estimate of drug-likeness (QED) is 0.847. The lowest BCUT2D eigenvalue weighted by atomic mass is 9.93. The van der Waals surface area contributed by atoms with Gasteiger partial charge in [-0.3, -0.25) is 0 Å². The summed E-state index contributed by atoms with van der Waals surface area (Å²) in [6.45, 7) is 0. The zero-order valence-electron chi connectivity index (χ0n) is 9.45. The van der Waals surface area contributed by atoms with Gasteiger partial charge in [0.25, 0.3) is 0 Å². The molecule has 0 radical (unpaired) electrons. The lowest BCUT2D eigenvalue weighted by Crippen LogP contribution is -2.15. The van der Waals surface area contributed by atoms with Crippen molar-refractivity contribution in [2.75, 3.05) is 5.32 Å². The first-order valence-electron chi connectivity index (χ1n) is 5.91. The Morgan fingerprint density at radius 3 is 2.82 bits per heavy atom. The van der Waals surface area contributed by atoms with Crippen molar-refractivity contribution in [3.63, 3.8) is 0 Å². The first-order chi connectivity index (χ1) is 8.33. The summed E-state index contributed by atoms with van der Waals surface area (Å²) in [6, 6.07) is 8.79.